The summed E-state index contributed by atoms with van der Waals surface area (Å²) in [6.45, 7) is 8.41. The number of aromatic amines is 1. The molecule has 0 bridgehead atoms. The molecule has 0 atom stereocenters. The Labute approximate surface area is 170 Å². The minimum Gasteiger partial charge on any atom is -0.383 e. The van der Waals surface area contributed by atoms with Crippen LogP contribution in [0.15, 0.2) is 30.7 Å². The van der Waals surface area contributed by atoms with Gasteiger partial charge in [0.15, 0.2) is 5.65 Å². The molecule has 2 aliphatic heterocycles. The number of likely N-dealkylation sites (tertiary alicyclic amines) is 1. The number of hydrogen-bond acceptors (Lipinski definition) is 7. The summed E-state index contributed by atoms with van der Waals surface area (Å²) >= 11 is 0. The molecule has 152 valence electrons. The number of nitrogens with zero attached hydrogens (tertiary/aromatic N) is 5. The van der Waals surface area contributed by atoms with Crippen LogP contribution < -0.4 is 15.5 Å². The topological polar surface area (TPSA) is 85.0 Å². The zero-order chi connectivity index (χ0) is 19.5. The number of hydrogen-bond donors (Lipinski definition) is 3. The van der Waals surface area contributed by atoms with Gasteiger partial charge in [0.2, 0.25) is 0 Å². The van der Waals surface area contributed by atoms with Crippen molar-refractivity contribution >= 4 is 22.4 Å². The summed E-state index contributed by atoms with van der Waals surface area (Å²) in [5.74, 6) is 0. The van der Waals surface area contributed by atoms with Gasteiger partial charge in [-0.05, 0) is 38.1 Å². The third-order valence-electron chi connectivity index (χ3n) is 5.92. The zero-order valence-corrected chi connectivity index (χ0v) is 16.7. The van der Waals surface area contributed by atoms with Crippen LogP contribution in [0.2, 0.25) is 0 Å². The van der Waals surface area contributed by atoms with Crippen LogP contribution in [0.4, 0.5) is 11.4 Å². The van der Waals surface area contributed by atoms with Crippen molar-refractivity contribution in [3.05, 3.63) is 30.7 Å². The monoisotopic (exact) mass is 392 g/mol. The molecule has 0 aliphatic carbocycles. The van der Waals surface area contributed by atoms with Crippen LogP contribution in [0.3, 0.4) is 0 Å². The molecule has 2 fully saturated rings. The number of piperazine rings is 1. The van der Waals surface area contributed by atoms with Gasteiger partial charge in [-0.15, -0.1) is 0 Å². The van der Waals surface area contributed by atoms with Crippen molar-refractivity contribution in [2.45, 2.75) is 12.8 Å². The molecule has 3 N–H and O–H groups in total. The molecule has 29 heavy (non-hydrogen) atoms. The van der Waals surface area contributed by atoms with Gasteiger partial charge >= 0.3 is 0 Å². The summed E-state index contributed by atoms with van der Waals surface area (Å²) in [7, 11) is 0. The van der Waals surface area contributed by atoms with Gasteiger partial charge in [0.25, 0.3) is 0 Å². The normalized spacial score (nSPS) is 17.9. The molecular formula is C21H28N8. The van der Waals surface area contributed by atoms with Crippen molar-refractivity contribution in [2.75, 3.05) is 62.6 Å². The Morgan fingerprint density at radius 1 is 1.03 bits per heavy atom. The Balaban J connectivity index is 1.52. The van der Waals surface area contributed by atoms with E-state index in [1.54, 1.807) is 6.33 Å². The quantitative estimate of drug-likeness (QED) is 0.591. The van der Waals surface area contributed by atoms with E-state index in [0.717, 1.165) is 61.6 Å². The molecule has 8 nitrogen and oxygen atoms in total. The van der Waals surface area contributed by atoms with E-state index in [9.17, 15) is 0 Å². The van der Waals surface area contributed by atoms with Crippen molar-refractivity contribution in [2.24, 2.45) is 0 Å². The first-order chi connectivity index (χ1) is 14.4. The first-order valence-electron chi connectivity index (χ1n) is 10.6. The van der Waals surface area contributed by atoms with E-state index in [1.165, 1.54) is 31.6 Å². The van der Waals surface area contributed by atoms with E-state index in [1.807, 2.05) is 6.20 Å². The molecule has 2 aromatic heterocycles. The van der Waals surface area contributed by atoms with Gasteiger partial charge in [0.1, 0.15) is 6.33 Å². The smallest absolute Gasteiger partial charge is 0.184 e. The summed E-state index contributed by atoms with van der Waals surface area (Å²) in [6, 6.07) is 6.52. The Bertz CT molecular complexity index is 956. The second-order valence-corrected chi connectivity index (χ2v) is 7.76. The highest BCUT2D eigenvalue weighted by atomic mass is 15.2. The molecule has 0 spiro atoms. The SMILES string of the molecule is c1cc(NCCN2CCCC2)c(-c2ncnc3n[nH]cc23)c(N2CCNCC2)c1. The van der Waals surface area contributed by atoms with Gasteiger partial charge in [-0.2, -0.15) is 5.10 Å². The van der Waals surface area contributed by atoms with Crippen molar-refractivity contribution in [3.63, 3.8) is 0 Å². The van der Waals surface area contributed by atoms with Crippen LogP contribution >= 0.6 is 0 Å². The number of anilines is 2. The average molecular weight is 393 g/mol. The Kier molecular flexibility index (Phi) is 5.27. The highest BCUT2D eigenvalue weighted by Gasteiger charge is 2.21. The largest absolute Gasteiger partial charge is 0.383 e. The Morgan fingerprint density at radius 2 is 1.90 bits per heavy atom. The van der Waals surface area contributed by atoms with E-state index in [2.05, 4.69) is 58.8 Å². The van der Waals surface area contributed by atoms with Gasteiger partial charge in [0, 0.05) is 62.4 Å². The summed E-state index contributed by atoms with van der Waals surface area (Å²) in [6.07, 6.45) is 6.15. The lowest BCUT2D eigenvalue weighted by Gasteiger charge is -2.32. The Hall–Kier alpha value is -2.71. The molecule has 0 unspecified atom stereocenters. The van der Waals surface area contributed by atoms with Crippen LogP contribution in [0.25, 0.3) is 22.3 Å². The summed E-state index contributed by atoms with van der Waals surface area (Å²) < 4.78 is 0. The average Bonchev–Trinajstić information content (AvgIpc) is 3.46. The van der Waals surface area contributed by atoms with Crippen molar-refractivity contribution in [1.29, 1.82) is 0 Å². The molecule has 2 saturated heterocycles. The van der Waals surface area contributed by atoms with E-state index < -0.39 is 0 Å². The standard InChI is InChI=1S/C21H28N8/c1-2-10-28(9-1)11-8-23-17-4-3-5-18(29-12-6-22-7-13-29)19(17)20-16-14-26-27-21(16)25-15-24-20/h3-5,14-15,22-23H,1-2,6-13H2,(H,24,25,26,27). The van der Waals surface area contributed by atoms with Gasteiger partial charge in [0.05, 0.1) is 11.1 Å². The highest BCUT2D eigenvalue weighted by Crippen LogP contribution is 2.39. The molecule has 0 amide bonds. The van der Waals surface area contributed by atoms with E-state index in [-0.39, 0.29) is 0 Å². The minimum atomic E-state index is 0.702. The maximum Gasteiger partial charge on any atom is 0.184 e. The molecule has 5 rings (SSSR count). The van der Waals surface area contributed by atoms with Crippen molar-refractivity contribution in [1.82, 2.24) is 30.4 Å². The number of aromatic nitrogens is 4. The molecule has 2 aliphatic rings. The van der Waals surface area contributed by atoms with E-state index in [4.69, 9.17) is 0 Å². The number of rotatable bonds is 6. The third-order valence-corrected chi connectivity index (χ3v) is 5.92. The van der Waals surface area contributed by atoms with Gasteiger partial charge in [-0.25, -0.2) is 9.97 Å². The maximum absolute atomic E-state index is 4.69. The van der Waals surface area contributed by atoms with Crippen LogP contribution in [0, 0.1) is 0 Å². The molecule has 0 saturated carbocycles. The van der Waals surface area contributed by atoms with E-state index in [0.29, 0.717) is 5.65 Å². The number of benzene rings is 1. The molecule has 1 aromatic carbocycles. The third kappa shape index (κ3) is 3.77. The highest BCUT2D eigenvalue weighted by molar-refractivity contribution is 5.99. The first-order valence-corrected chi connectivity index (χ1v) is 10.6. The maximum atomic E-state index is 4.69. The fourth-order valence-corrected chi connectivity index (χ4v) is 4.43. The molecule has 8 heteroatoms. The zero-order valence-electron chi connectivity index (χ0n) is 16.7. The fourth-order valence-electron chi connectivity index (χ4n) is 4.43. The second kappa shape index (κ2) is 8.34. The van der Waals surface area contributed by atoms with E-state index >= 15 is 0 Å². The van der Waals surface area contributed by atoms with Crippen molar-refractivity contribution in [3.8, 4) is 11.3 Å². The number of H-pyrrole nitrogens is 1. The number of nitrogens with one attached hydrogen (secondary N) is 3. The lowest BCUT2D eigenvalue weighted by Crippen LogP contribution is -2.43. The van der Waals surface area contributed by atoms with Gasteiger partial charge < -0.3 is 20.4 Å². The molecule has 3 aromatic rings. The Morgan fingerprint density at radius 3 is 2.76 bits per heavy atom. The lowest BCUT2D eigenvalue weighted by molar-refractivity contribution is 0.353. The van der Waals surface area contributed by atoms with Gasteiger partial charge in [-0.1, -0.05) is 6.07 Å². The predicted molar refractivity (Wildman–Crippen MR) is 116 cm³/mol. The molecular weight excluding hydrogens is 364 g/mol. The van der Waals surface area contributed by atoms with Crippen LogP contribution in [0.5, 0.6) is 0 Å². The lowest BCUT2D eigenvalue weighted by atomic mass is 10.0. The summed E-state index contributed by atoms with van der Waals surface area (Å²) in [4.78, 5) is 14.0. The van der Waals surface area contributed by atoms with Crippen LogP contribution in [-0.4, -0.2) is 77.4 Å². The van der Waals surface area contributed by atoms with Crippen LogP contribution in [0.1, 0.15) is 12.8 Å². The minimum absolute atomic E-state index is 0.702. The number of fused-ring (bicyclic) bond motifs is 1. The summed E-state index contributed by atoms with van der Waals surface area (Å²) in [5, 5.41) is 15.3. The van der Waals surface area contributed by atoms with Gasteiger partial charge in [-0.3, -0.25) is 5.10 Å². The van der Waals surface area contributed by atoms with Crippen molar-refractivity contribution < 1.29 is 0 Å². The first kappa shape index (κ1) is 18.3. The van der Waals surface area contributed by atoms with Crippen LogP contribution in [-0.2, 0) is 0 Å². The second-order valence-electron chi connectivity index (χ2n) is 7.76. The summed E-state index contributed by atoms with van der Waals surface area (Å²) in [5.41, 5.74) is 5.12. The predicted octanol–water partition coefficient (Wildman–Crippen LogP) is 1.94. The molecule has 4 heterocycles. The fraction of sp³-hybridized carbons (Fsp3) is 0.476. The molecule has 0 radical (unpaired) electrons.